The molecule has 1 aromatic carbocycles. The van der Waals surface area contributed by atoms with Gasteiger partial charge in [-0.05, 0) is 30.3 Å². The SMILES string of the molecule is COc1ccc(OCCNC(=O)c2ccnc(N3CCN(C(C)=O)CC3)n2)cc1. The number of ether oxygens (including phenoxy) is 2. The quantitative estimate of drug-likeness (QED) is 0.693. The summed E-state index contributed by atoms with van der Waals surface area (Å²) in [7, 11) is 1.61. The molecule has 1 aromatic heterocycles. The minimum absolute atomic E-state index is 0.0653. The number of hydrogen-bond acceptors (Lipinski definition) is 7. The summed E-state index contributed by atoms with van der Waals surface area (Å²) in [4.78, 5) is 36.2. The highest BCUT2D eigenvalue weighted by Crippen LogP contribution is 2.16. The van der Waals surface area contributed by atoms with E-state index in [-0.39, 0.29) is 11.8 Å². The number of methoxy groups -OCH3 is 1. The van der Waals surface area contributed by atoms with Gasteiger partial charge in [-0.1, -0.05) is 0 Å². The summed E-state index contributed by atoms with van der Waals surface area (Å²) in [6.45, 7) is 4.77. The number of amides is 2. The minimum atomic E-state index is -0.283. The van der Waals surface area contributed by atoms with Crippen molar-refractivity contribution in [2.75, 3.05) is 51.3 Å². The van der Waals surface area contributed by atoms with Crippen molar-refractivity contribution >= 4 is 17.8 Å². The second-order valence-corrected chi connectivity index (χ2v) is 6.51. The van der Waals surface area contributed by atoms with Crippen molar-refractivity contribution in [3.05, 3.63) is 42.2 Å². The summed E-state index contributed by atoms with van der Waals surface area (Å²) < 4.78 is 10.7. The molecule has 1 fully saturated rings. The number of nitrogens with zero attached hydrogens (tertiary/aromatic N) is 4. The van der Waals surface area contributed by atoms with Crippen LogP contribution in [0.1, 0.15) is 17.4 Å². The number of aromatic nitrogens is 2. The maximum atomic E-state index is 12.4. The fourth-order valence-corrected chi connectivity index (χ4v) is 2.94. The fourth-order valence-electron chi connectivity index (χ4n) is 2.94. The van der Waals surface area contributed by atoms with Crippen molar-refractivity contribution in [3.8, 4) is 11.5 Å². The average molecular weight is 399 g/mol. The summed E-state index contributed by atoms with van der Waals surface area (Å²) in [5.41, 5.74) is 0.299. The number of benzene rings is 1. The predicted molar refractivity (Wildman–Crippen MR) is 107 cm³/mol. The van der Waals surface area contributed by atoms with Crippen molar-refractivity contribution in [2.24, 2.45) is 0 Å². The minimum Gasteiger partial charge on any atom is -0.497 e. The summed E-state index contributed by atoms with van der Waals surface area (Å²) >= 11 is 0. The van der Waals surface area contributed by atoms with Crippen molar-refractivity contribution < 1.29 is 19.1 Å². The lowest BCUT2D eigenvalue weighted by Gasteiger charge is -2.34. The number of nitrogens with one attached hydrogen (secondary N) is 1. The molecule has 3 rings (SSSR count). The lowest BCUT2D eigenvalue weighted by atomic mass is 10.3. The van der Waals surface area contributed by atoms with Crippen LogP contribution in [0.15, 0.2) is 36.5 Å². The number of carbonyl (C=O) groups excluding carboxylic acids is 2. The van der Waals surface area contributed by atoms with Gasteiger partial charge in [-0.3, -0.25) is 9.59 Å². The van der Waals surface area contributed by atoms with Crippen LogP contribution in [0.3, 0.4) is 0 Å². The Bertz CT molecular complexity index is 835. The molecule has 154 valence electrons. The molecule has 0 unspecified atom stereocenters. The van der Waals surface area contributed by atoms with E-state index in [1.165, 1.54) is 0 Å². The van der Waals surface area contributed by atoms with E-state index in [4.69, 9.17) is 9.47 Å². The lowest BCUT2D eigenvalue weighted by Crippen LogP contribution is -2.48. The topological polar surface area (TPSA) is 96.9 Å². The van der Waals surface area contributed by atoms with Gasteiger partial charge in [0.15, 0.2) is 0 Å². The lowest BCUT2D eigenvalue weighted by molar-refractivity contribution is -0.129. The second-order valence-electron chi connectivity index (χ2n) is 6.51. The molecule has 1 N–H and O–H groups in total. The van der Waals surface area contributed by atoms with E-state index in [9.17, 15) is 9.59 Å². The van der Waals surface area contributed by atoms with E-state index in [0.717, 1.165) is 5.75 Å². The molecule has 0 spiro atoms. The zero-order valence-electron chi connectivity index (χ0n) is 16.6. The molecule has 2 heterocycles. The van der Waals surface area contributed by atoms with E-state index >= 15 is 0 Å². The Balaban J connectivity index is 1.47. The van der Waals surface area contributed by atoms with E-state index in [2.05, 4.69) is 15.3 Å². The summed E-state index contributed by atoms with van der Waals surface area (Å²) in [5, 5.41) is 2.79. The molecule has 1 aliphatic heterocycles. The monoisotopic (exact) mass is 399 g/mol. The molecule has 0 bridgehead atoms. The molecule has 9 heteroatoms. The highest BCUT2D eigenvalue weighted by molar-refractivity contribution is 5.92. The third-order valence-corrected chi connectivity index (χ3v) is 4.60. The molecular formula is C20H25N5O4. The number of carbonyl (C=O) groups is 2. The highest BCUT2D eigenvalue weighted by atomic mass is 16.5. The van der Waals surface area contributed by atoms with E-state index in [1.807, 2.05) is 29.2 Å². The van der Waals surface area contributed by atoms with E-state index < -0.39 is 0 Å². The van der Waals surface area contributed by atoms with Crippen LogP contribution in [0.5, 0.6) is 11.5 Å². The molecule has 0 atom stereocenters. The highest BCUT2D eigenvalue weighted by Gasteiger charge is 2.21. The van der Waals surface area contributed by atoms with Crippen molar-refractivity contribution in [1.29, 1.82) is 0 Å². The largest absolute Gasteiger partial charge is 0.497 e. The zero-order chi connectivity index (χ0) is 20.6. The first-order chi connectivity index (χ1) is 14.1. The fraction of sp³-hybridized carbons (Fsp3) is 0.400. The van der Waals surface area contributed by atoms with Gasteiger partial charge >= 0.3 is 0 Å². The van der Waals surface area contributed by atoms with Gasteiger partial charge in [-0.25, -0.2) is 9.97 Å². The van der Waals surface area contributed by atoms with Crippen LogP contribution < -0.4 is 19.7 Å². The summed E-state index contributed by atoms with van der Waals surface area (Å²) in [5.74, 6) is 1.74. The Labute approximate surface area is 169 Å². The normalized spacial score (nSPS) is 13.7. The Hall–Kier alpha value is -3.36. The average Bonchev–Trinajstić information content (AvgIpc) is 2.77. The van der Waals surface area contributed by atoms with Crippen LogP contribution >= 0.6 is 0 Å². The maximum Gasteiger partial charge on any atom is 0.270 e. The molecular weight excluding hydrogens is 374 g/mol. The Morgan fingerprint density at radius 3 is 2.41 bits per heavy atom. The Kier molecular flexibility index (Phi) is 6.83. The third kappa shape index (κ3) is 5.56. The molecule has 0 radical (unpaired) electrons. The predicted octanol–water partition coefficient (Wildman–Crippen LogP) is 0.962. The standard InChI is InChI=1S/C20H25N5O4/c1-15(26)24-10-12-25(13-11-24)20-22-8-7-18(23-20)19(27)21-9-14-29-17-5-3-16(28-2)4-6-17/h3-8H,9-14H2,1-2H3,(H,21,27). The van der Waals surface area contributed by atoms with E-state index in [1.54, 1.807) is 31.2 Å². The van der Waals surface area contributed by atoms with Gasteiger partial charge in [0.25, 0.3) is 5.91 Å². The Morgan fingerprint density at radius 2 is 1.76 bits per heavy atom. The summed E-state index contributed by atoms with van der Waals surface area (Å²) in [6, 6.07) is 8.82. The number of rotatable bonds is 7. The second kappa shape index (κ2) is 9.72. The van der Waals surface area contributed by atoms with Crippen molar-refractivity contribution in [2.45, 2.75) is 6.92 Å². The number of anilines is 1. The Morgan fingerprint density at radius 1 is 1.07 bits per heavy atom. The van der Waals surface area contributed by atoms with Crippen LogP contribution in [0.2, 0.25) is 0 Å². The van der Waals surface area contributed by atoms with Gasteiger partial charge in [-0.15, -0.1) is 0 Å². The first kappa shape index (κ1) is 20.4. The van der Waals surface area contributed by atoms with Gasteiger partial charge in [0, 0.05) is 39.3 Å². The van der Waals surface area contributed by atoms with Crippen LogP contribution in [0.25, 0.3) is 0 Å². The molecule has 1 saturated heterocycles. The van der Waals surface area contributed by atoms with Gasteiger partial charge in [0.2, 0.25) is 11.9 Å². The first-order valence-corrected chi connectivity index (χ1v) is 9.45. The van der Waals surface area contributed by atoms with Gasteiger partial charge in [-0.2, -0.15) is 0 Å². The molecule has 0 saturated carbocycles. The van der Waals surface area contributed by atoms with Crippen molar-refractivity contribution in [1.82, 2.24) is 20.2 Å². The van der Waals surface area contributed by atoms with Gasteiger partial charge in [0.05, 0.1) is 13.7 Å². The molecule has 2 aromatic rings. The smallest absolute Gasteiger partial charge is 0.270 e. The third-order valence-electron chi connectivity index (χ3n) is 4.60. The van der Waals surface area contributed by atoms with Gasteiger partial charge in [0.1, 0.15) is 23.8 Å². The van der Waals surface area contributed by atoms with Crippen LogP contribution in [0.4, 0.5) is 5.95 Å². The molecule has 29 heavy (non-hydrogen) atoms. The van der Waals surface area contributed by atoms with Crippen molar-refractivity contribution in [3.63, 3.8) is 0 Å². The molecule has 2 amide bonds. The van der Waals surface area contributed by atoms with Gasteiger partial charge < -0.3 is 24.6 Å². The molecule has 1 aliphatic rings. The molecule has 0 aliphatic carbocycles. The van der Waals surface area contributed by atoms with Crippen LogP contribution in [-0.2, 0) is 4.79 Å². The molecule has 9 nitrogen and oxygen atoms in total. The van der Waals surface area contributed by atoms with Crippen LogP contribution in [0, 0.1) is 0 Å². The summed E-state index contributed by atoms with van der Waals surface area (Å²) in [6.07, 6.45) is 1.57. The van der Waals surface area contributed by atoms with Crippen LogP contribution in [-0.4, -0.2) is 73.1 Å². The van der Waals surface area contributed by atoms with E-state index in [0.29, 0.717) is 56.7 Å². The maximum absolute atomic E-state index is 12.4. The number of hydrogen-bond donors (Lipinski definition) is 1. The zero-order valence-corrected chi connectivity index (χ0v) is 16.6. The number of piperazine rings is 1. The first-order valence-electron chi connectivity index (χ1n) is 9.45.